The van der Waals surface area contributed by atoms with Gasteiger partial charge >= 0.3 is 0 Å². The monoisotopic (exact) mass is 985 g/mol. The lowest BCUT2D eigenvalue weighted by molar-refractivity contribution is 0.669. The first-order valence-electron chi connectivity index (χ1n) is 26.4. The van der Waals surface area contributed by atoms with E-state index in [-0.39, 0.29) is 0 Å². The van der Waals surface area contributed by atoms with Crippen LogP contribution in [-0.4, -0.2) is 18.3 Å². The van der Waals surface area contributed by atoms with Crippen molar-refractivity contribution in [2.75, 3.05) is 0 Å². The third-order valence-corrected chi connectivity index (χ3v) is 16.7. The molecule has 0 saturated carbocycles. The van der Waals surface area contributed by atoms with E-state index in [9.17, 15) is 5.26 Å². The summed E-state index contributed by atoms with van der Waals surface area (Å²) in [5.41, 5.74) is 20.3. The molecule has 16 rings (SSSR count). The largest absolute Gasteiger partial charge is 0.456 e. The van der Waals surface area contributed by atoms with Crippen molar-refractivity contribution in [2.24, 2.45) is 0 Å². The molecule has 11 aromatic carbocycles. The van der Waals surface area contributed by atoms with Crippen molar-refractivity contribution < 1.29 is 4.42 Å². The van der Waals surface area contributed by atoms with Crippen LogP contribution in [0.4, 0.5) is 0 Å². The van der Waals surface area contributed by atoms with Crippen LogP contribution < -0.4 is 0 Å². The van der Waals surface area contributed by atoms with E-state index in [0.29, 0.717) is 5.56 Å². The summed E-state index contributed by atoms with van der Waals surface area (Å²) in [6, 6.07) is 79.7. The molecule has 0 radical (unpaired) electrons. The Morgan fingerprint density at radius 3 is 1.00 bits per heavy atom. The average molecular weight is 986 g/mol. The molecule has 0 fully saturated rings. The molecule has 0 unspecified atom stereocenters. The van der Waals surface area contributed by atoms with Gasteiger partial charge in [0.2, 0.25) is 0 Å². The Kier molecular flexibility index (Phi) is 8.98. The van der Waals surface area contributed by atoms with Gasteiger partial charge in [0.15, 0.2) is 0 Å². The second-order valence-electron chi connectivity index (χ2n) is 20.8. The van der Waals surface area contributed by atoms with E-state index in [2.05, 4.69) is 264 Å². The maximum Gasteiger partial charge on any atom is 0.136 e. The summed E-state index contributed by atoms with van der Waals surface area (Å²) in [6.45, 7) is 8.84. The molecular weight excluding hydrogens is 939 g/mol. The van der Waals surface area contributed by atoms with Crippen LogP contribution in [0.1, 0.15) is 27.8 Å². The van der Waals surface area contributed by atoms with Crippen molar-refractivity contribution in [1.82, 2.24) is 18.3 Å². The summed E-state index contributed by atoms with van der Waals surface area (Å²) in [5, 5.41) is 24.2. The van der Waals surface area contributed by atoms with Crippen LogP contribution in [0.15, 0.2) is 217 Å². The van der Waals surface area contributed by atoms with Gasteiger partial charge in [-0.15, -0.1) is 0 Å². The molecule has 0 aliphatic rings. The van der Waals surface area contributed by atoms with Gasteiger partial charge in [-0.2, -0.15) is 5.26 Å². The van der Waals surface area contributed by atoms with Crippen molar-refractivity contribution in [3.8, 4) is 39.9 Å². The topological polar surface area (TPSA) is 56.6 Å². The molecule has 0 atom stereocenters. The first-order valence-corrected chi connectivity index (χ1v) is 26.4. The normalized spacial score (nSPS) is 12.1. The van der Waals surface area contributed by atoms with Crippen molar-refractivity contribution in [2.45, 2.75) is 27.7 Å². The molecule has 0 amide bonds. The Bertz CT molecular complexity index is 5030. The maximum atomic E-state index is 13.0. The summed E-state index contributed by atoms with van der Waals surface area (Å²) in [5.74, 6) is 0. The fourth-order valence-electron chi connectivity index (χ4n) is 13.7. The lowest BCUT2D eigenvalue weighted by atomic mass is 9.91. The van der Waals surface area contributed by atoms with Crippen LogP contribution >= 0.6 is 0 Å². The van der Waals surface area contributed by atoms with Crippen LogP contribution in [0.2, 0.25) is 0 Å². The highest BCUT2D eigenvalue weighted by Gasteiger charge is 2.36. The average Bonchev–Trinajstić information content (AvgIpc) is 4.39. The second-order valence-corrected chi connectivity index (χ2v) is 20.8. The van der Waals surface area contributed by atoms with Crippen LogP contribution in [0.3, 0.4) is 0 Å². The lowest BCUT2D eigenvalue weighted by Gasteiger charge is -2.29. The molecular formula is C71H47N5O. The van der Waals surface area contributed by atoms with E-state index in [1.54, 1.807) is 0 Å². The van der Waals surface area contributed by atoms with Gasteiger partial charge in [0.25, 0.3) is 0 Å². The number of nitriles is 1. The van der Waals surface area contributed by atoms with Gasteiger partial charge in [-0.3, -0.25) is 0 Å². The minimum absolute atomic E-state index is 0.536. The van der Waals surface area contributed by atoms with Crippen molar-refractivity contribution in [3.63, 3.8) is 0 Å². The maximum absolute atomic E-state index is 13.0. The van der Waals surface area contributed by atoms with Crippen LogP contribution in [-0.2, 0) is 0 Å². The predicted octanol–water partition coefficient (Wildman–Crippen LogP) is 18.7. The Morgan fingerprint density at radius 2 is 0.610 bits per heavy atom. The van der Waals surface area contributed by atoms with Crippen molar-refractivity contribution in [3.05, 3.63) is 240 Å². The number of hydrogen-bond donors (Lipinski definition) is 0. The van der Waals surface area contributed by atoms with Crippen molar-refractivity contribution in [1.29, 1.82) is 5.26 Å². The Balaban J connectivity index is 1.31. The number of aryl methyl sites for hydroxylation is 4. The van der Waals surface area contributed by atoms with Crippen LogP contribution in [0.25, 0.3) is 143 Å². The number of benzene rings is 11. The first-order chi connectivity index (χ1) is 37.9. The zero-order chi connectivity index (χ0) is 51.4. The SMILES string of the molecule is Cc1cccc2c1c1ccccc1n2-c1c(C#N)c(-n2c3ccccc3c3c(C)cccc32)c(-n2c3ccccc3c3c(C)cccc32)c(-c2cccc3oc4ccccc4c23)c1-n1c2ccccc2c2c(C)cccc21. The molecule has 0 spiro atoms. The number of furan rings is 1. The molecule has 77 heavy (non-hydrogen) atoms. The molecule has 6 nitrogen and oxygen atoms in total. The lowest BCUT2D eigenvalue weighted by Crippen LogP contribution is -2.16. The van der Waals surface area contributed by atoms with E-state index in [4.69, 9.17) is 4.42 Å². The molecule has 0 aliphatic heterocycles. The Labute approximate surface area is 442 Å². The van der Waals surface area contributed by atoms with Gasteiger partial charge in [-0.05, 0) is 116 Å². The van der Waals surface area contributed by atoms with E-state index >= 15 is 0 Å². The zero-order valence-corrected chi connectivity index (χ0v) is 42.9. The van der Waals surface area contributed by atoms with E-state index in [0.717, 1.165) is 143 Å². The minimum atomic E-state index is 0.536. The summed E-state index contributed by atoms with van der Waals surface area (Å²) in [7, 11) is 0. The molecule has 0 saturated heterocycles. The Hall–Kier alpha value is -10.1. The second kappa shape index (κ2) is 16.0. The number of para-hydroxylation sites is 5. The van der Waals surface area contributed by atoms with Crippen LogP contribution in [0, 0.1) is 39.0 Å². The highest BCUT2D eigenvalue weighted by Crippen LogP contribution is 2.54. The minimum Gasteiger partial charge on any atom is -0.456 e. The fraction of sp³-hybridized carbons (Fsp3) is 0.0563. The molecule has 0 aliphatic carbocycles. The molecule has 5 aromatic heterocycles. The highest BCUT2D eigenvalue weighted by molar-refractivity contribution is 6.21. The number of hydrogen-bond acceptors (Lipinski definition) is 2. The summed E-state index contributed by atoms with van der Waals surface area (Å²) >= 11 is 0. The number of rotatable bonds is 5. The van der Waals surface area contributed by atoms with Crippen LogP contribution in [0.5, 0.6) is 0 Å². The standard InChI is InChI=1S/C71H47N5O/c1-41-20-15-34-56-62(41)45-24-5-10-30-52(45)73(56)68-51(40-72)69(74-53-31-11-6-25-46(53)63-42(2)21-16-35-57(63)74)71(76-55-33-13-8-27-48(55)65-44(4)23-18-37-59(65)76)67(50-29-19-39-61-66(50)49-28-9-14-38-60(49)77-61)70(68)75-54-32-12-7-26-47(54)64-43(3)22-17-36-58(64)75/h5-39H,1-4H3. The number of nitrogens with zero attached hydrogens (tertiary/aromatic N) is 5. The molecule has 16 aromatic rings. The third kappa shape index (κ3) is 5.72. The Morgan fingerprint density at radius 1 is 0.299 bits per heavy atom. The quantitative estimate of drug-likeness (QED) is 0.173. The molecule has 362 valence electrons. The molecule has 0 N–H and O–H groups in total. The predicted molar refractivity (Wildman–Crippen MR) is 320 cm³/mol. The molecule has 6 heteroatoms. The smallest absolute Gasteiger partial charge is 0.136 e. The summed E-state index contributed by atoms with van der Waals surface area (Å²) in [6.07, 6.45) is 0. The van der Waals surface area contributed by atoms with Crippen molar-refractivity contribution >= 4 is 109 Å². The molecule has 5 heterocycles. The summed E-state index contributed by atoms with van der Waals surface area (Å²) < 4.78 is 16.7. The van der Waals surface area contributed by atoms with Gasteiger partial charge in [-0.1, -0.05) is 152 Å². The van der Waals surface area contributed by atoms with Gasteiger partial charge in [0.1, 0.15) is 22.8 Å². The van der Waals surface area contributed by atoms with E-state index in [1.165, 1.54) is 21.9 Å². The fourth-order valence-corrected chi connectivity index (χ4v) is 13.7. The van der Waals surface area contributed by atoms with Gasteiger partial charge in [0, 0.05) is 59.4 Å². The number of fused-ring (bicyclic) bond motifs is 15. The summed E-state index contributed by atoms with van der Waals surface area (Å²) in [4.78, 5) is 0. The number of aromatic nitrogens is 4. The van der Waals surface area contributed by atoms with E-state index in [1.807, 2.05) is 0 Å². The first kappa shape index (κ1) is 43.3. The highest BCUT2D eigenvalue weighted by atomic mass is 16.3. The molecule has 0 bridgehead atoms. The van der Waals surface area contributed by atoms with Gasteiger partial charge < -0.3 is 22.7 Å². The zero-order valence-electron chi connectivity index (χ0n) is 42.9. The third-order valence-electron chi connectivity index (χ3n) is 16.7. The van der Waals surface area contributed by atoms with Gasteiger partial charge in [-0.25, -0.2) is 0 Å². The van der Waals surface area contributed by atoms with Gasteiger partial charge in [0.05, 0.1) is 66.9 Å². The van der Waals surface area contributed by atoms with E-state index < -0.39 is 0 Å².